The first-order valence-electron chi connectivity index (χ1n) is 8.32. The molecule has 0 unspecified atom stereocenters. The number of carbonyl (C=O) groups excluding carboxylic acids is 2. The van der Waals surface area contributed by atoms with Crippen molar-refractivity contribution in [1.82, 2.24) is 14.7 Å². The van der Waals surface area contributed by atoms with Crippen molar-refractivity contribution < 1.29 is 27.5 Å². The number of benzene rings is 1. The van der Waals surface area contributed by atoms with E-state index >= 15 is 0 Å². The minimum atomic E-state index is -4.43. The smallest absolute Gasteiger partial charge is 0.383 e. The van der Waals surface area contributed by atoms with E-state index < -0.39 is 11.7 Å². The Morgan fingerprint density at radius 3 is 2.50 bits per heavy atom. The molecule has 1 atom stereocenters. The quantitative estimate of drug-likeness (QED) is 0.813. The topological polar surface area (TPSA) is 53.1 Å². The van der Waals surface area contributed by atoms with E-state index in [1.807, 2.05) is 0 Å². The molecule has 2 aliphatic heterocycles. The first-order valence-corrected chi connectivity index (χ1v) is 8.32. The summed E-state index contributed by atoms with van der Waals surface area (Å²) >= 11 is 0. The molecular formula is C17H20F3N3O3. The normalized spacial score (nSPS) is 20.5. The van der Waals surface area contributed by atoms with E-state index in [2.05, 4.69) is 0 Å². The largest absolute Gasteiger partial charge is 0.416 e. The van der Waals surface area contributed by atoms with Gasteiger partial charge in [0.1, 0.15) is 0 Å². The Balaban J connectivity index is 1.65. The standard InChI is InChI=1S/C17H20F3N3O3/c1-26-9-8-22-11-14-10-21(6-7-23(14)16(22)25)15(24)12-2-4-13(5-3-12)17(18,19)20/h2-5,14H,6-11H2,1H3/t14-/m1/s1. The van der Waals surface area contributed by atoms with Gasteiger partial charge in [0.25, 0.3) is 5.91 Å². The third-order valence-corrected chi connectivity index (χ3v) is 4.74. The van der Waals surface area contributed by atoms with Crippen LogP contribution in [0.25, 0.3) is 0 Å². The molecule has 142 valence electrons. The Morgan fingerprint density at radius 1 is 1.19 bits per heavy atom. The van der Waals surface area contributed by atoms with Crippen molar-refractivity contribution in [2.24, 2.45) is 0 Å². The van der Waals surface area contributed by atoms with Gasteiger partial charge < -0.3 is 19.4 Å². The first-order chi connectivity index (χ1) is 12.3. The van der Waals surface area contributed by atoms with E-state index in [1.165, 1.54) is 12.1 Å². The van der Waals surface area contributed by atoms with Crippen molar-refractivity contribution in [3.05, 3.63) is 35.4 Å². The number of hydrogen-bond donors (Lipinski definition) is 0. The second-order valence-corrected chi connectivity index (χ2v) is 6.39. The lowest BCUT2D eigenvalue weighted by molar-refractivity contribution is -0.137. The molecule has 0 spiro atoms. The number of ether oxygens (including phenoxy) is 1. The predicted octanol–water partition coefficient (Wildman–Crippen LogP) is 1.91. The second-order valence-electron chi connectivity index (χ2n) is 6.39. The number of fused-ring (bicyclic) bond motifs is 1. The average molecular weight is 371 g/mol. The van der Waals surface area contributed by atoms with Gasteiger partial charge in [0.15, 0.2) is 0 Å². The molecule has 2 fully saturated rings. The summed E-state index contributed by atoms with van der Waals surface area (Å²) in [6, 6.07) is 4.05. The summed E-state index contributed by atoms with van der Waals surface area (Å²) in [5.74, 6) is -0.318. The van der Waals surface area contributed by atoms with Crippen molar-refractivity contribution in [2.75, 3.05) is 46.4 Å². The number of carbonyl (C=O) groups is 2. The van der Waals surface area contributed by atoms with Crippen LogP contribution in [0.4, 0.5) is 18.0 Å². The van der Waals surface area contributed by atoms with Crippen LogP contribution < -0.4 is 0 Å². The van der Waals surface area contributed by atoms with Crippen molar-refractivity contribution in [3.63, 3.8) is 0 Å². The van der Waals surface area contributed by atoms with Gasteiger partial charge in [-0.1, -0.05) is 0 Å². The predicted molar refractivity (Wildman–Crippen MR) is 86.7 cm³/mol. The molecule has 2 heterocycles. The van der Waals surface area contributed by atoms with Crippen molar-refractivity contribution in [3.8, 4) is 0 Å². The van der Waals surface area contributed by atoms with Crippen LogP contribution in [0.1, 0.15) is 15.9 Å². The van der Waals surface area contributed by atoms with Gasteiger partial charge in [-0.3, -0.25) is 4.79 Å². The van der Waals surface area contributed by atoms with Gasteiger partial charge in [0.2, 0.25) is 0 Å². The molecule has 1 aromatic carbocycles. The molecule has 9 heteroatoms. The third kappa shape index (κ3) is 3.62. The highest BCUT2D eigenvalue weighted by Crippen LogP contribution is 2.29. The fraction of sp³-hybridized carbons (Fsp3) is 0.529. The molecule has 3 rings (SSSR count). The highest BCUT2D eigenvalue weighted by atomic mass is 19.4. The zero-order valence-corrected chi connectivity index (χ0v) is 14.3. The molecule has 0 aliphatic carbocycles. The second kappa shape index (κ2) is 7.14. The van der Waals surface area contributed by atoms with Crippen molar-refractivity contribution in [1.29, 1.82) is 0 Å². The van der Waals surface area contributed by atoms with Gasteiger partial charge in [-0.25, -0.2) is 4.79 Å². The minimum Gasteiger partial charge on any atom is -0.383 e. The molecule has 0 bridgehead atoms. The Bertz CT molecular complexity index is 678. The maximum Gasteiger partial charge on any atom is 0.416 e. The number of amides is 3. The van der Waals surface area contributed by atoms with Gasteiger partial charge in [0.05, 0.1) is 18.2 Å². The fourth-order valence-electron chi connectivity index (χ4n) is 3.33. The van der Waals surface area contributed by atoms with E-state index in [1.54, 1.807) is 21.8 Å². The molecule has 0 saturated carbocycles. The highest BCUT2D eigenvalue weighted by Gasteiger charge is 2.41. The van der Waals surface area contributed by atoms with Crippen LogP contribution in [0, 0.1) is 0 Å². The summed E-state index contributed by atoms with van der Waals surface area (Å²) in [6.07, 6.45) is -4.43. The monoisotopic (exact) mass is 371 g/mol. The Kier molecular flexibility index (Phi) is 5.08. The molecule has 0 N–H and O–H groups in total. The van der Waals surface area contributed by atoms with Crippen LogP contribution >= 0.6 is 0 Å². The zero-order chi connectivity index (χ0) is 18.9. The van der Waals surface area contributed by atoms with Gasteiger partial charge in [-0.05, 0) is 24.3 Å². The SMILES string of the molecule is COCCN1C[C@H]2CN(C(=O)c3ccc(C(F)(F)F)cc3)CCN2C1=O. The van der Waals surface area contributed by atoms with Crippen LogP contribution in [-0.2, 0) is 10.9 Å². The summed E-state index contributed by atoms with van der Waals surface area (Å²) in [4.78, 5) is 29.9. The van der Waals surface area contributed by atoms with Crippen LogP contribution in [0.3, 0.4) is 0 Å². The highest BCUT2D eigenvalue weighted by molar-refractivity contribution is 5.94. The number of urea groups is 1. The maximum atomic E-state index is 12.6. The van der Waals surface area contributed by atoms with E-state index in [0.717, 1.165) is 12.1 Å². The molecule has 6 nitrogen and oxygen atoms in total. The van der Waals surface area contributed by atoms with Crippen molar-refractivity contribution >= 4 is 11.9 Å². The summed E-state index contributed by atoms with van der Waals surface area (Å²) in [5, 5.41) is 0. The van der Waals surface area contributed by atoms with Gasteiger partial charge in [-0.15, -0.1) is 0 Å². The van der Waals surface area contributed by atoms with Crippen LogP contribution in [0.5, 0.6) is 0 Å². The average Bonchev–Trinajstić information content (AvgIpc) is 2.94. The van der Waals surface area contributed by atoms with E-state index in [4.69, 9.17) is 4.74 Å². The fourth-order valence-corrected chi connectivity index (χ4v) is 3.33. The number of rotatable bonds is 4. The lowest BCUT2D eigenvalue weighted by Gasteiger charge is -2.36. The Hall–Kier alpha value is -2.29. The van der Waals surface area contributed by atoms with Gasteiger partial charge in [-0.2, -0.15) is 13.2 Å². The van der Waals surface area contributed by atoms with E-state index in [9.17, 15) is 22.8 Å². The molecule has 26 heavy (non-hydrogen) atoms. The number of methoxy groups -OCH3 is 1. The van der Waals surface area contributed by atoms with Crippen LogP contribution in [-0.4, -0.2) is 79.1 Å². The van der Waals surface area contributed by atoms with Gasteiger partial charge >= 0.3 is 12.2 Å². The molecule has 2 aliphatic rings. The lowest BCUT2D eigenvalue weighted by atomic mass is 10.1. The molecule has 0 aromatic heterocycles. The number of alkyl halides is 3. The summed E-state index contributed by atoms with van der Waals surface area (Å²) < 4.78 is 42.9. The molecule has 2 saturated heterocycles. The third-order valence-electron chi connectivity index (χ3n) is 4.74. The molecule has 1 aromatic rings. The zero-order valence-electron chi connectivity index (χ0n) is 14.3. The summed E-state index contributed by atoms with van der Waals surface area (Å²) in [5.41, 5.74) is -0.568. The summed E-state index contributed by atoms with van der Waals surface area (Å²) in [7, 11) is 1.57. The lowest BCUT2D eigenvalue weighted by Crippen LogP contribution is -2.53. The number of nitrogens with zero attached hydrogens (tertiary/aromatic N) is 3. The first kappa shape index (κ1) is 18.5. The number of hydrogen-bond acceptors (Lipinski definition) is 3. The van der Waals surface area contributed by atoms with Gasteiger partial charge in [0, 0.05) is 45.4 Å². The number of piperazine rings is 1. The molecule has 3 amide bonds. The van der Waals surface area contributed by atoms with Crippen LogP contribution in [0.15, 0.2) is 24.3 Å². The van der Waals surface area contributed by atoms with Crippen LogP contribution in [0.2, 0.25) is 0 Å². The summed E-state index contributed by atoms with van der Waals surface area (Å²) in [6.45, 7) is 2.60. The minimum absolute atomic E-state index is 0.0614. The molecule has 0 radical (unpaired) electrons. The van der Waals surface area contributed by atoms with Crippen molar-refractivity contribution in [2.45, 2.75) is 12.2 Å². The van der Waals surface area contributed by atoms with E-state index in [-0.39, 0.29) is 23.5 Å². The Labute approximate surface area is 149 Å². The Morgan fingerprint density at radius 2 is 1.88 bits per heavy atom. The number of halogens is 3. The van der Waals surface area contributed by atoms with E-state index in [0.29, 0.717) is 39.3 Å². The maximum absolute atomic E-state index is 12.6. The molecular weight excluding hydrogens is 351 g/mol.